The highest BCUT2D eigenvalue weighted by Gasteiger charge is 2.34. The summed E-state index contributed by atoms with van der Waals surface area (Å²) >= 11 is 0. The van der Waals surface area contributed by atoms with E-state index < -0.39 is 0 Å². The Kier molecular flexibility index (Phi) is 5.48. The lowest BCUT2D eigenvalue weighted by molar-refractivity contribution is 0.175. The first-order chi connectivity index (χ1) is 14.8. The minimum Gasteiger partial charge on any atom is -0.506 e. The predicted molar refractivity (Wildman–Crippen MR) is 125 cm³/mol. The number of phenolic OH excluding ortho intramolecular Hbond substituents is 1. The zero-order valence-corrected chi connectivity index (χ0v) is 19.4. The van der Waals surface area contributed by atoms with Gasteiger partial charge in [-0.2, -0.15) is 0 Å². The van der Waals surface area contributed by atoms with E-state index in [1.54, 1.807) is 21.3 Å². The Balaban J connectivity index is 2.14. The van der Waals surface area contributed by atoms with Gasteiger partial charge in [-0.05, 0) is 56.8 Å². The molecule has 0 saturated carbocycles. The molecule has 5 heteroatoms. The normalized spacial score (nSPS) is 18.7. The summed E-state index contributed by atoms with van der Waals surface area (Å²) in [5.74, 6) is 2.39. The Bertz CT molecular complexity index is 1150. The number of hydrogen-bond acceptors (Lipinski definition) is 5. The maximum Gasteiger partial charge on any atom is 0.135 e. The maximum absolute atomic E-state index is 11.6. The molecule has 0 fully saturated rings. The molecule has 31 heavy (non-hydrogen) atoms. The first-order valence-corrected chi connectivity index (χ1v) is 10.6. The third-order valence-electron chi connectivity index (χ3n) is 6.83. The van der Waals surface area contributed by atoms with Gasteiger partial charge in [-0.3, -0.25) is 4.90 Å². The van der Waals surface area contributed by atoms with Gasteiger partial charge in [-0.25, -0.2) is 0 Å². The predicted octanol–water partition coefficient (Wildman–Crippen LogP) is 5.48. The van der Waals surface area contributed by atoms with Crippen molar-refractivity contribution in [3.63, 3.8) is 0 Å². The minimum atomic E-state index is 0.177. The van der Waals surface area contributed by atoms with Gasteiger partial charge < -0.3 is 19.3 Å². The molecule has 1 heterocycles. The van der Waals surface area contributed by atoms with E-state index in [9.17, 15) is 5.11 Å². The second kappa shape index (κ2) is 7.97. The van der Waals surface area contributed by atoms with Gasteiger partial charge >= 0.3 is 0 Å². The summed E-state index contributed by atoms with van der Waals surface area (Å²) in [5, 5.41) is 13.2. The van der Waals surface area contributed by atoms with Crippen molar-refractivity contribution < 1.29 is 19.3 Å². The van der Waals surface area contributed by atoms with Crippen LogP contribution in [-0.4, -0.2) is 44.4 Å². The second-order valence-electron chi connectivity index (χ2n) is 8.42. The quantitative estimate of drug-likeness (QED) is 0.604. The lowest BCUT2D eigenvalue weighted by Gasteiger charge is -2.39. The van der Waals surface area contributed by atoms with E-state index in [2.05, 4.69) is 31.9 Å². The largest absolute Gasteiger partial charge is 0.506 e. The Morgan fingerprint density at radius 3 is 2.26 bits per heavy atom. The van der Waals surface area contributed by atoms with Crippen LogP contribution < -0.4 is 14.2 Å². The number of methoxy groups -OCH3 is 3. The van der Waals surface area contributed by atoms with Gasteiger partial charge in [0.25, 0.3) is 0 Å². The number of fused-ring (bicyclic) bond motifs is 2. The van der Waals surface area contributed by atoms with Crippen molar-refractivity contribution in [2.45, 2.75) is 39.3 Å². The summed E-state index contributed by atoms with van der Waals surface area (Å²) in [6.45, 7) is 6.46. The first kappa shape index (κ1) is 21.3. The number of nitrogens with zero attached hydrogens (tertiary/aromatic N) is 1. The zero-order chi connectivity index (χ0) is 22.4. The number of phenols is 1. The molecule has 0 saturated heterocycles. The molecule has 0 bridgehead atoms. The molecule has 5 nitrogen and oxygen atoms in total. The summed E-state index contributed by atoms with van der Waals surface area (Å²) < 4.78 is 17.2. The van der Waals surface area contributed by atoms with Crippen LogP contribution in [0, 0.1) is 6.92 Å². The highest BCUT2D eigenvalue weighted by Crippen LogP contribution is 2.52. The molecule has 0 aliphatic carbocycles. The first-order valence-electron chi connectivity index (χ1n) is 10.6. The Hall–Kier alpha value is -2.92. The average molecular weight is 422 g/mol. The molecule has 1 aliphatic rings. The summed E-state index contributed by atoms with van der Waals surface area (Å²) in [6, 6.07) is 10.4. The molecule has 2 atom stereocenters. The fourth-order valence-corrected chi connectivity index (χ4v) is 5.02. The van der Waals surface area contributed by atoms with E-state index in [0.717, 1.165) is 39.8 Å². The number of hydrogen-bond donors (Lipinski definition) is 1. The number of rotatable bonds is 4. The van der Waals surface area contributed by atoms with Gasteiger partial charge in [0.1, 0.15) is 23.0 Å². The summed E-state index contributed by atoms with van der Waals surface area (Å²) in [4.78, 5) is 2.36. The van der Waals surface area contributed by atoms with Crippen molar-refractivity contribution in [3.8, 4) is 34.1 Å². The molecule has 0 aromatic heterocycles. The van der Waals surface area contributed by atoms with Crippen LogP contribution in [0.2, 0.25) is 0 Å². The van der Waals surface area contributed by atoms with Gasteiger partial charge in [-0.15, -0.1) is 0 Å². The number of aromatic hydroxyl groups is 1. The molecule has 3 aromatic carbocycles. The van der Waals surface area contributed by atoms with Gasteiger partial charge in [0, 0.05) is 34.8 Å². The van der Waals surface area contributed by atoms with Crippen LogP contribution in [0.25, 0.3) is 21.9 Å². The van der Waals surface area contributed by atoms with E-state index in [1.807, 2.05) is 31.2 Å². The third-order valence-corrected chi connectivity index (χ3v) is 6.83. The molecule has 4 rings (SSSR count). The molecule has 2 unspecified atom stereocenters. The summed E-state index contributed by atoms with van der Waals surface area (Å²) in [6.07, 6.45) is 0.835. The second-order valence-corrected chi connectivity index (χ2v) is 8.42. The molecule has 1 aliphatic heterocycles. The maximum atomic E-state index is 11.6. The molecule has 0 spiro atoms. The molecule has 0 amide bonds. The Labute approximate surface area is 184 Å². The number of ether oxygens (including phenoxy) is 3. The average Bonchev–Trinajstić information content (AvgIpc) is 2.76. The monoisotopic (exact) mass is 421 g/mol. The summed E-state index contributed by atoms with van der Waals surface area (Å²) in [7, 11) is 7.14. The van der Waals surface area contributed by atoms with E-state index >= 15 is 0 Å². The molecule has 3 aromatic rings. The van der Waals surface area contributed by atoms with Crippen LogP contribution in [0.15, 0.2) is 30.3 Å². The number of benzene rings is 3. The zero-order valence-electron chi connectivity index (χ0n) is 19.4. The Morgan fingerprint density at radius 2 is 1.61 bits per heavy atom. The standard InChI is InChI=1S/C26H31NO4/c1-14-11-17-9-8-10-19(29-5)24(17)26(28)22(14)25-18-12-15(2)27(4)16(3)23(18)20(30-6)13-21(25)31-7/h8-11,13,15-16,28H,12H2,1-7H3. The van der Waals surface area contributed by atoms with Crippen LogP contribution in [0.4, 0.5) is 0 Å². The van der Waals surface area contributed by atoms with Crippen LogP contribution in [0.5, 0.6) is 23.0 Å². The van der Waals surface area contributed by atoms with Crippen LogP contribution in [0.1, 0.15) is 36.6 Å². The molecule has 0 radical (unpaired) electrons. The lowest BCUT2D eigenvalue weighted by atomic mass is 9.81. The van der Waals surface area contributed by atoms with Crippen LogP contribution in [0.3, 0.4) is 0 Å². The number of likely N-dealkylation sites (N-methyl/N-ethyl adjacent to an activating group) is 1. The van der Waals surface area contributed by atoms with Crippen molar-refractivity contribution in [2.24, 2.45) is 0 Å². The number of aryl methyl sites for hydroxylation is 1. The topological polar surface area (TPSA) is 51.2 Å². The van der Waals surface area contributed by atoms with Gasteiger partial charge in [0.2, 0.25) is 0 Å². The Morgan fingerprint density at radius 1 is 0.935 bits per heavy atom. The van der Waals surface area contributed by atoms with Crippen LogP contribution in [-0.2, 0) is 6.42 Å². The van der Waals surface area contributed by atoms with E-state index in [4.69, 9.17) is 14.2 Å². The molecular weight excluding hydrogens is 390 g/mol. The van der Waals surface area contributed by atoms with Crippen LogP contribution >= 0.6 is 0 Å². The van der Waals surface area contributed by atoms with Gasteiger partial charge in [-0.1, -0.05) is 18.2 Å². The van der Waals surface area contributed by atoms with Crippen molar-refractivity contribution in [1.29, 1.82) is 0 Å². The van der Waals surface area contributed by atoms with Crippen molar-refractivity contribution >= 4 is 10.8 Å². The smallest absolute Gasteiger partial charge is 0.135 e. The van der Waals surface area contributed by atoms with Crippen molar-refractivity contribution in [2.75, 3.05) is 28.4 Å². The highest BCUT2D eigenvalue weighted by atomic mass is 16.5. The van der Waals surface area contributed by atoms with E-state index in [-0.39, 0.29) is 11.8 Å². The van der Waals surface area contributed by atoms with Gasteiger partial charge in [0.15, 0.2) is 0 Å². The van der Waals surface area contributed by atoms with Crippen molar-refractivity contribution in [3.05, 3.63) is 47.0 Å². The molecule has 164 valence electrons. The highest BCUT2D eigenvalue weighted by molar-refractivity contribution is 6.01. The fraction of sp³-hybridized carbons (Fsp3) is 0.385. The SMILES string of the molecule is COc1cc(OC)c2c(c1-c1c(C)cc3cccc(OC)c3c1O)CC(C)N(C)C2C. The minimum absolute atomic E-state index is 0.177. The molecule has 1 N–H and O–H groups in total. The van der Waals surface area contributed by atoms with Crippen molar-refractivity contribution in [1.82, 2.24) is 4.90 Å². The lowest BCUT2D eigenvalue weighted by Crippen LogP contribution is -2.38. The van der Waals surface area contributed by atoms with E-state index in [1.165, 1.54) is 5.56 Å². The molecular formula is C26H31NO4. The third kappa shape index (κ3) is 3.19. The van der Waals surface area contributed by atoms with Gasteiger partial charge in [0.05, 0.1) is 26.7 Å². The fourth-order valence-electron chi connectivity index (χ4n) is 5.02. The van der Waals surface area contributed by atoms with E-state index in [0.29, 0.717) is 22.9 Å². The summed E-state index contributed by atoms with van der Waals surface area (Å²) in [5.41, 5.74) is 5.03.